The van der Waals surface area contributed by atoms with Crippen molar-refractivity contribution in [3.8, 4) is 0 Å². The molecule has 2 atom stereocenters. The molecule has 2 unspecified atom stereocenters. The van der Waals surface area contributed by atoms with Crippen molar-refractivity contribution in [2.24, 2.45) is 0 Å². The van der Waals surface area contributed by atoms with Gasteiger partial charge in [0.05, 0.1) is 21.3 Å². The molecule has 0 bridgehead atoms. The number of benzene rings is 1. The van der Waals surface area contributed by atoms with Gasteiger partial charge in [-0.2, -0.15) is 0 Å². The minimum Gasteiger partial charge on any atom is -0.242 e. The summed E-state index contributed by atoms with van der Waals surface area (Å²) in [4.78, 5) is 0. The molecular formula is C16H25NOS. The predicted molar refractivity (Wildman–Crippen MR) is 84.3 cm³/mol. The molecule has 0 saturated carbocycles. The molecule has 0 fully saturated rings. The van der Waals surface area contributed by atoms with Crippen LogP contribution in [0.4, 0.5) is 0 Å². The zero-order chi connectivity index (χ0) is 14.7. The van der Waals surface area contributed by atoms with Crippen LogP contribution >= 0.6 is 0 Å². The maximum Gasteiger partial charge on any atom is 0.0978 e. The van der Waals surface area contributed by atoms with Crippen LogP contribution in [0.3, 0.4) is 0 Å². The lowest BCUT2D eigenvalue weighted by Gasteiger charge is -2.34. The number of hydrogen-bond donors (Lipinski definition) is 1. The molecule has 1 N–H and O–H groups in total. The molecule has 0 aliphatic heterocycles. The molecule has 2 nitrogen and oxygen atoms in total. The number of rotatable bonds is 5. The van der Waals surface area contributed by atoms with Crippen LogP contribution in [-0.4, -0.2) is 8.96 Å². The Labute approximate surface area is 119 Å². The summed E-state index contributed by atoms with van der Waals surface area (Å²) in [5.74, 6) is 0. The maximum absolute atomic E-state index is 12.4. The molecule has 0 radical (unpaired) electrons. The molecule has 19 heavy (non-hydrogen) atoms. The molecule has 0 aliphatic rings. The van der Waals surface area contributed by atoms with Crippen molar-refractivity contribution in [3.05, 3.63) is 48.0 Å². The minimum absolute atomic E-state index is 0.287. The molecule has 0 aromatic heterocycles. The zero-order valence-corrected chi connectivity index (χ0v) is 13.4. The Morgan fingerprint density at radius 3 is 2.16 bits per heavy atom. The second-order valence-corrected chi connectivity index (χ2v) is 8.28. The van der Waals surface area contributed by atoms with E-state index in [1.54, 1.807) is 0 Å². The number of hydrogen-bond acceptors (Lipinski definition) is 1. The largest absolute Gasteiger partial charge is 0.242 e. The van der Waals surface area contributed by atoms with Gasteiger partial charge in [-0.15, -0.1) is 6.58 Å². The summed E-state index contributed by atoms with van der Waals surface area (Å²) in [6.07, 6.45) is 0.763. The van der Waals surface area contributed by atoms with Crippen LogP contribution in [0.5, 0.6) is 0 Å². The zero-order valence-electron chi connectivity index (χ0n) is 12.6. The molecule has 0 spiro atoms. The molecule has 106 valence electrons. The third-order valence-corrected chi connectivity index (χ3v) is 4.69. The first-order valence-corrected chi connectivity index (χ1v) is 7.70. The molecule has 0 heterocycles. The third-order valence-electron chi connectivity index (χ3n) is 2.94. The van der Waals surface area contributed by atoms with Gasteiger partial charge in [-0.3, -0.25) is 0 Å². The van der Waals surface area contributed by atoms with E-state index in [0.717, 1.165) is 17.6 Å². The fraction of sp³-hybridized carbons (Fsp3) is 0.500. The van der Waals surface area contributed by atoms with Crippen molar-refractivity contribution in [2.45, 2.75) is 51.3 Å². The molecular weight excluding hydrogens is 254 g/mol. The lowest BCUT2D eigenvalue weighted by atomic mass is 9.87. The van der Waals surface area contributed by atoms with Crippen molar-refractivity contribution >= 4 is 11.0 Å². The third kappa shape index (κ3) is 4.59. The lowest BCUT2D eigenvalue weighted by Crippen LogP contribution is -2.46. The Morgan fingerprint density at radius 2 is 1.74 bits per heavy atom. The average molecular weight is 279 g/mol. The molecule has 0 saturated heterocycles. The second kappa shape index (κ2) is 6.02. The fourth-order valence-corrected chi connectivity index (χ4v) is 2.87. The summed E-state index contributed by atoms with van der Waals surface area (Å²) >= 11 is 0. The quantitative estimate of drug-likeness (QED) is 0.813. The summed E-state index contributed by atoms with van der Waals surface area (Å²) in [7, 11) is -1.11. The normalized spacial score (nSPS) is 16.7. The lowest BCUT2D eigenvalue weighted by molar-refractivity contribution is 0.437. The second-order valence-electron chi connectivity index (χ2n) is 6.32. The van der Waals surface area contributed by atoms with Crippen LogP contribution in [0.1, 0.15) is 46.6 Å². The summed E-state index contributed by atoms with van der Waals surface area (Å²) in [6.45, 7) is 14.0. The Morgan fingerprint density at radius 1 is 1.21 bits per heavy atom. The van der Waals surface area contributed by atoms with E-state index < -0.39 is 11.0 Å². The van der Waals surface area contributed by atoms with Crippen molar-refractivity contribution < 1.29 is 4.21 Å². The van der Waals surface area contributed by atoms with Crippen LogP contribution < -0.4 is 4.72 Å². The Hall–Kier alpha value is -0.930. The maximum atomic E-state index is 12.4. The van der Waals surface area contributed by atoms with Gasteiger partial charge >= 0.3 is 0 Å². The van der Waals surface area contributed by atoms with E-state index in [2.05, 4.69) is 30.4 Å². The molecule has 1 aromatic carbocycles. The smallest absolute Gasteiger partial charge is 0.0978 e. The Balaban J connectivity index is 3.08. The Bertz CT molecular complexity index is 461. The minimum atomic E-state index is -1.11. The predicted octanol–water partition coefficient (Wildman–Crippen LogP) is 3.92. The van der Waals surface area contributed by atoms with E-state index in [1.807, 2.05) is 45.9 Å². The summed E-state index contributed by atoms with van der Waals surface area (Å²) in [6, 6.07) is 10.1. The summed E-state index contributed by atoms with van der Waals surface area (Å²) in [5, 5.41) is 0. The van der Waals surface area contributed by atoms with Crippen LogP contribution in [0.15, 0.2) is 42.5 Å². The van der Waals surface area contributed by atoms with Gasteiger partial charge < -0.3 is 0 Å². The molecule has 1 rings (SSSR count). The Kier molecular flexibility index (Phi) is 5.11. The van der Waals surface area contributed by atoms with Crippen LogP contribution in [0.2, 0.25) is 0 Å². The molecule has 0 aliphatic carbocycles. The highest BCUT2D eigenvalue weighted by molar-refractivity contribution is 7.84. The van der Waals surface area contributed by atoms with Gasteiger partial charge in [0.1, 0.15) is 0 Å². The van der Waals surface area contributed by atoms with Gasteiger partial charge in [0, 0.05) is 0 Å². The first-order chi connectivity index (χ1) is 8.65. The van der Waals surface area contributed by atoms with Crippen molar-refractivity contribution in [3.63, 3.8) is 0 Å². The van der Waals surface area contributed by atoms with Crippen molar-refractivity contribution in [2.75, 3.05) is 0 Å². The topological polar surface area (TPSA) is 29.1 Å². The fourth-order valence-electron chi connectivity index (χ4n) is 1.96. The van der Waals surface area contributed by atoms with Gasteiger partial charge in [0.2, 0.25) is 0 Å². The SMILES string of the molecule is C=C(C)CC(C)(NS(=O)C(C)(C)C)c1ccccc1. The highest BCUT2D eigenvalue weighted by Crippen LogP contribution is 2.29. The van der Waals surface area contributed by atoms with Crippen LogP contribution in [-0.2, 0) is 16.5 Å². The van der Waals surface area contributed by atoms with E-state index in [9.17, 15) is 4.21 Å². The van der Waals surface area contributed by atoms with Crippen molar-refractivity contribution in [1.29, 1.82) is 0 Å². The highest BCUT2D eigenvalue weighted by atomic mass is 32.2. The van der Waals surface area contributed by atoms with E-state index >= 15 is 0 Å². The average Bonchev–Trinajstić information content (AvgIpc) is 2.27. The van der Waals surface area contributed by atoms with Gasteiger partial charge in [0.25, 0.3) is 0 Å². The van der Waals surface area contributed by atoms with Gasteiger partial charge in [0.15, 0.2) is 0 Å². The van der Waals surface area contributed by atoms with E-state index in [-0.39, 0.29) is 10.3 Å². The van der Waals surface area contributed by atoms with Gasteiger partial charge in [-0.1, -0.05) is 35.9 Å². The van der Waals surface area contributed by atoms with Crippen LogP contribution in [0.25, 0.3) is 0 Å². The molecule has 1 aromatic rings. The first-order valence-electron chi connectivity index (χ1n) is 6.55. The first kappa shape index (κ1) is 16.1. The van der Waals surface area contributed by atoms with E-state index in [1.165, 1.54) is 0 Å². The van der Waals surface area contributed by atoms with Gasteiger partial charge in [-0.05, 0) is 46.6 Å². The van der Waals surface area contributed by atoms with Gasteiger partial charge in [-0.25, -0.2) is 8.93 Å². The summed E-state index contributed by atoms with van der Waals surface area (Å²) in [5.41, 5.74) is 1.85. The molecule has 3 heteroatoms. The van der Waals surface area contributed by atoms with Crippen LogP contribution in [0, 0.1) is 0 Å². The van der Waals surface area contributed by atoms with Crippen molar-refractivity contribution in [1.82, 2.24) is 4.72 Å². The summed E-state index contributed by atoms with van der Waals surface area (Å²) < 4.78 is 15.4. The highest BCUT2D eigenvalue weighted by Gasteiger charge is 2.32. The van der Waals surface area contributed by atoms with E-state index in [4.69, 9.17) is 0 Å². The molecule has 0 amide bonds. The standard InChI is InChI=1S/C16H25NOS/c1-13(2)12-16(6,14-10-8-7-9-11-14)17-19(18)15(3,4)5/h7-11,17H,1,12H2,2-6H3. The number of nitrogens with one attached hydrogen (secondary N) is 1. The van der Waals surface area contributed by atoms with E-state index in [0.29, 0.717) is 0 Å². The monoisotopic (exact) mass is 279 g/mol.